The molecule has 0 aliphatic heterocycles. The van der Waals surface area contributed by atoms with Crippen LogP contribution in [0.15, 0.2) is 18.2 Å². The zero-order valence-electron chi connectivity index (χ0n) is 10.2. The Balaban J connectivity index is 2.61. The van der Waals surface area contributed by atoms with Crippen LogP contribution in [0.4, 0.5) is 0 Å². The van der Waals surface area contributed by atoms with Crippen molar-refractivity contribution in [2.75, 3.05) is 19.3 Å². The van der Waals surface area contributed by atoms with Gasteiger partial charge in [-0.1, -0.05) is 0 Å². The molecular weight excluding hydrogens is 256 g/mol. The van der Waals surface area contributed by atoms with Crippen LogP contribution < -0.4 is 10.0 Å². The number of carbonyl (C=O) groups is 1. The summed E-state index contributed by atoms with van der Waals surface area (Å²) in [6.45, 7) is 1.72. The van der Waals surface area contributed by atoms with E-state index < -0.39 is 10.0 Å². The zero-order valence-corrected chi connectivity index (χ0v) is 11.0. The SMILES string of the molecule is CNS(=O)(=O)CCNC(=O)c1ccc(O)cc1C. The maximum Gasteiger partial charge on any atom is 0.251 e. The molecule has 1 amide bonds. The van der Waals surface area contributed by atoms with Gasteiger partial charge in [0.2, 0.25) is 10.0 Å². The highest BCUT2D eigenvalue weighted by Gasteiger charge is 2.11. The van der Waals surface area contributed by atoms with E-state index >= 15 is 0 Å². The lowest BCUT2D eigenvalue weighted by molar-refractivity contribution is 0.0955. The average Bonchev–Trinajstić information content (AvgIpc) is 2.28. The molecule has 0 radical (unpaired) electrons. The number of hydrogen-bond acceptors (Lipinski definition) is 4. The molecule has 0 spiro atoms. The highest BCUT2D eigenvalue weighted by atomic mass is 32.2. The quantitative estimate of drug-likeness (QED) is 0.702. The molecule has 3 N–H and O–H groups in total. The van der Waals surface area contributed by atoms with Crippen LogP contribution >= 0.6 is 0 Å². The van der Waals surface area contributed by atoms with Crippen molar-refractivity contribution in [2.24, 2.45) is 0 Å². The van der Waals surface area contributed by atoms with E-state index in [1.165, 1.54) is 25.2 Å². The topological polar surface area (TPSA) is 95.5 Å². The molecular formula is C11H16N2O4S. The van der Waals surface area contributed by atoms with Crippen molar-refractivity contribution in [3.05, 3.63) is 29.3 Å². The molecule has 0 atom stereocenters. The highest BCUT2D eigenvalue weighted by Crippen LogP contribution is 2.15. The maximum absolute atomic E-state index is 11.7. The molecule has 6 nitrogen and oxygen atoms in total. The number of aryl methyl sites for hydroxylation is 1. The minimum Gasteiger partial charge on any atom is -0.508 e. The van der Waals surface area contributed by atoms with E-state index in [9.17, 15) is 18.3 Å². The van der Waals surface area contributed by atoms with Crippen molar-refractivity contribution in [3.63, 3.8) is 0 Å². The molecule has 7 heteroatoms. The lowest BCUT2D eigenvalue weighted by atomic mass is 10.1. The summed E-state index contributed by atoms with van der Waals surface area (Å²) >= 11 is 0. The van der Waals surface area contributed by atoms with Gasteiger partial charge in [0.25, 0.3) is 5.91 Å². The number of amides is 1. The number of carbonyl (C=O) groups excluding carboxylic acids is 1. The first-order valence-electron chi connectivity index (χ1n) is 5.35. The Morgan fingerprint density at radius 2 is 2.06 bits per heavy atom. The smallest absolute Gasteiger partial charge is 0.251 e. The van der Waals surface area contributed by atoms with Gasteiger partial charge in [0.05, 0.1) is 5.75 Å². The third kappa shape index (κ3) is 4.01. The van der Waals surface area contributed by atoms with E-state index in [0.29, 0.717) is 11.1 Å². The van der Waals surface area contributed by atoms with Crippen molar-refractivity contribution in [1.82, 2.24) is 10.0 Å². The first-order valence-corrected chi connectivity index (χ1v) is 7.00. The second-order valence-corrected chi connectivity index (χ2v) is 5.82. The molecule has 0 saturated carbocycles. The summed E-state index contributed by atoms with van der Waals surface area (Å²) in [6.07, 6.45) is 0. The Morgan fingerprint density at radius 3 is 2.61 bits per heavy atom. The van der Waals surface area contributed by atoms with E-state index in [4.69, 9.17) is 0 Å². The minimum atomic E-state index is -3.32. The van der Waals surface area contributed by atoms with Crippen molar-refractivity contribution < 1.29 is 18.3 Å². The molecule has 0 saturated heterocycles. The van der Waals surface area contributed by atoms with Gasteiger partial charge in [-0.3, -0.25) is 4.79 Å². The van der Waals surface area contributed by atoms with Crippen LogP contribution in [-0.2, 0) is 10.0 Å². The third-order valence-corrected chi connectivity index (χ3v) is 3.79. The average molecular weight is 272 g/mol. The number of phenolic OH excluding ortho intramolecular Hbond substituents is 1. The fourth-order valence-corrected chi connectivity index (χ4v) is 1.97. The van der Waals surface area contributed by atoms with Crippen LogP contribution in [0.25, 0.3) is 0 Å². The van der Waals surface area contributed by atoms with Crippen LogP contribution in [0.2, 0.25) is 0 Å². The molecule has 1 rings (SSSR count). The Hall–Kier alpha value is -1.60. The van der Waals surface area contributed by atoms with Gasteiger partial charge in [0.1, 0.15) is 5.75 Å². The monoisotopic (exact) mass is 272 g/mol. The van der Waals surface area contributed by atoms with E-state index in [1.54, 1.807) is 6.92 Å². The second kappa shape index (κ2) is 5.83. The summed E-state index contributed by atoms with van der Waals surface area (Å²) in [4.78, 5) is 11.7. The molecule has 1 aromatic carbocycles. The van der Waals surface area contributed by atoms with Gasteiger partial charge in [-0.2, -0.15) is 0 Å². The zero-order chi connectivity index (χ0) is 13.8. The summed E-state index contributed by atoms with van der Waals surface area (Å²) in [5.74, 6) is -0.451. The molecule has 0 bridgehead atoms. The summed E-state index contributed by atoms with van der Waals surface area (Å²) in [5, 5.41) is 11.7. The van der Waals surface area contributed by atoms with Crippen molar-refractivity contribution in [2.45, 2.75) is 6.92 Å². The maximum atomic E-state index is 11.7. The standard InChI is InChI=1S/C11H16N2O4S/c1-8-7-9(14)3-4-10(8)11(15)13-5-6-18(16,17)12-2/h3-4,7,12,14H,5-6H2,1-2H3,(H,13,15). The number of nitrogens with one attached hydrogen (secondary N) is 2. The molecule has 0 heterocycles. The predicted molar refractivity (Wildman–Crippen MR) is 68.0 cm³/mol. The lowest BCUT2D eigenvalue weighted by Gasteiger charge is -2.08. The Kier molecular flexibility index (Phi) is 4.69. The number of hydrogen-bond donors (Lipinski definition) is 3. The van der Waals surface area contributed by atoms with E-state index in [1.807, 2.05) is 0 Å². The molecule has 0 aliphatic carbocycles. The van der Waals surface area contributed by atoms with E-state index in [2.05, 4.69) is 10.0 Å². The molecule has 100 valence electrons. The van der Waals surface area contributed by atoms with Crippen LogP contribution in [0.3, 0.4) is 0 Å². The van der Waals surface area contributed by atoms with Gasteiger partial charge in [-0.15, -0.1) is 0 Å². The van der Waals surface area contributed by atoms with Crippen molar-refractivity contribution in [1.29, 1.82) is 0 Å². The summed E-state index contributed by atoms with van der Waals surface area (Å²) in [6, 6.07) is 4.37. The Bertz CT molecular complexity index is 540. The van der Waals surface area contributed by atoms with E-state index in [0.717, 1.165) is 0 Å². The number of benzene rings is 1. The molecule has 0 unspecified atom stereocenters. The van der Waals surface area contributed by atoms with Crippen LogP contribution in [0, 0.1) is 6.92 Å². The summed E-state index contributed by atoms with van der Waals surface area (Å²) in [7, 11) is -2.00. The molecule has 1 aromatic rings. The van der Waals surface area contributed by atoms with Crippen molar-refractivity contribution >= 4 is 15.9 Å². The van der Waals surface area contributed by atoms with Gasteiger partial charge in [0.15, 0.2) is 0 Å². The molecule has 18 heavy (non-hydrogen) atoms. The molecule has 0 aliphatic rings. The van der Waals surface area contributed by atoms with Gasteiger partial charge >= 0.3 is 0 Å². The first kappa shape index (κ1) is 14.5. The molecule has 0 fully saturated rings. The van der Waals surface area contributed by atoms with E-state index in [-0.39, 0.29) is 24.0 Å². The number of aromatic hydroxyl groups is 1. The number of sulfonamides is 1. The fourth-order valence-electron chi connectivity index (χ4n) is 1.40. The van der Waals surface area contributed by atoms with Gasteiger partial charge in [-0.25, -0.2) is 13.1 Å². The van der Waals surface area contributed by atoms with Gasteiger partial charge in [-0.05, 0) is 37.7 Å². The summed E-state index contributed by atoms with van der Waals surface area (Å²) < 4.78 is 24.4. The van der Waals surface area contributed by atoms with Crippen LogP contribution in [-0.4, -0.2) is 38.8 Å². The Labute approximate surface area is 106 Å². The summed E-state index contributed by atoms with van der Waals surface area (Å²) in [5.41, 5.74) is 1.04. The minimum absolute atomic E-state index is 0.0301. The predicted octanol–water partition coefficient (Wildman–Crippen LogP) is -0.0204. The Morgan fingerprint density at radius 1 is 1.39 bits per heavy atom. The number of rotatable bonds is 5. The van der Waals surface area contributed by atoms with Gasteiger partial charge in [0, 0.05) is 12.1 Å². The van der Waals surface area contributed by atoms with Gasteiger partial charge < -0.3 is 10.4 Å². The van der Waals surface area contributed by atoms with Crippen LogP contribution in [0.5, 0.6) is 5.75 Å². The second-order valence-electron chi connectivity index (χ2n) is 3.78. The number of phenols is 1. The largest absolute Gasteiger partial charge is 0.508 e. The first-order chi connectivity index (χ1) is 8.35. The third-order valence-electron chi connectivity index (χ3n) is 2.42. The normalized spacial score (nSPS) is 11.2. The fraction of sp³-hybridized carbons (Fsp3) is 0.364. The lowest BCUT2D eigenvalue weighted by Crippen LogP contribution is -2.33. The highest BCUT2D eigenvalue weighted by molar-refractivity contribution is 7.89. The van der Waals surface area contributed by atoms with Crippen molar-refractivity contribution in [3.8, 4) is 5.75 Å². The van der Waals surface area contributed by atoms with Crippen LogP contribution in [0.1, 0.15) is 15.9 Å². The molecule has 0 aromatic heterocycles.